The monoisotopic (exact) mass is 234 g/mol. The van der Waals surface area contributed by atoms with Crippen LogP contribution in [0.3, 0.4) is 0 Å². The van der Waals surface area contributed by atoms with Crippen LogP contribution < -0.4 is 0 Å². The molecule has 0 amide bonds. The second kappa shape index (κ2) is 6.86. The molecule has 1 aromatic carbocycles. The van der Waals surface area contributed by atoms with Gasteiger partial charge in [-0.2, -0.15) is 0 Å². The van der Waals surface area contributed by atoms with Gasteiger partial charge in [-0.05, 0) is 19.4 Å². The second-order valence-electron chi connectivity index (χ2n) is 3.66. The van der Waals surface area contributed by atoms with Crippen molar-refractivity contribution in [1.29, 1.82) is 0 Å². The van der Waals surface area contributed by atoms with Crippen LogP contribution >= 0.6 is 0 Å². The van der Waals surface area contributed by atoms with Crippen molar-refractivity contribution in [1.82, 2.24) is 0 Å². The molecule has 0 heterocycles. The molecule has 2 atom stereocenters. The van der Waals surface area contributed by atoms with Crippen LogP contribution in [0.25, 0.3) is 0 Å². The number of carbonyl (C=O) groups is 1. The van der Waals surface area contributed by atoms with Crippen LogP contribution in [0.5, 0.6) is 0 Å². The van der Waals surface area contributed by atoms with Crippen molar-refractivity contribution in [2.24, 2.45) is 0 Å². The van der Waals surface area contributed by atoms with Crippen molar-refractivity contribution in [3.8, 4) is 0 Å². The number of aliphatic hydroxyl groups excluding tert-OH is 1. The molecule has 0 saturated heterocycles. The van der Waals surface area contributed by atoms with Gasteiger partial charge < -0.3 is 9.84 Å². The summed E-state index contributed by atoms with van der Waals surface area (Å²) in [4.78, 5) is 11.5. The predicted octanol–water partition coefficient (Wildman–Crippen LogP) is 2.27. The Bertz CT molecular complexity index is 370. The first-order valence-corrected chi connectivity index (χ1v) is 5.73. The molecule has 0 radical (unpaired) electrons. The lowest BCUT2D eigenvalue weighted by molar-refractivity contribution is -0.153. The molecule has 0 bridgehead atoms. The van der Waals surface area contributed by atoms with Crippen LogP contribution in [-0.2, 0) is 9.53 Å². The molecule has 1 rings (SSSR count). The standard InChI is InChI=1S/C14H18O3/c1-3-8-12(11-9-6-5-7-10-11)13(15)14(16)17-4-2/h3,5-10,12-13,15H,4H2,1-2H3/b8-3+/t12-,13+/m0/s1. The molecule has 92 valence electrons. The third-order valence-electron chi connectivity index (χ3n) is 2.45. The molecule has 0 unspecified atom stereocenters. The van der Waals surface area contributed by atoms with Gasteiger partial charge in [0.2, 0.25) is 0 Å². The van der Waals surface area contributed by atoms with Crippen molar-refractivity contribution in [2.45, 2.75) is 25.9 Å². The van der Waals surface area contributed by atoms with Crippen LogP contribution in [0.15, 0.2) is 42.5 Å². The molecule has 0 aromatic heterocycles. The molecule has 0 aliphatic heterocycles. The van der Waals surface area contributed by atoms with Gasteiger partial charge in [-0.25, -0.2) is 4.79 Å². The molecule has 1 N–H and O–H groups in total. The Hall–Kier alpha value is -1.61. The van der Waals surface area contributed by atoms with E-state index in [1.54, 1.807) is 13.0 Å². The van der Waals surface area contributed by atoms with E-state index in [9.17, 15) is 9.90 Å². The Morgan fingerprint density at radius 3 is 2.59 bits per heavy atom. The Morgan fingerprint density at radius 2 is 2.06 bits per heavy atom. The highest BCUT2D eigenvalue weighted by Gasteiger charge is 2.26. The van der Waals surface area contributed by atoms with Gasteiger partial charge in [0.05, 0.1) is 6.61 Å². The molecule has 0 aliphatic rings. The van der Waals surface area contributed by atoms with Gasteiger partial charge >= 0.3 is 5.97 Å². The largest absolute Gasteiger partial charge is 0.464 e. The molecule has 3 nitrogen and oxygen atoms in total. The van der Waals surface area contributed by atoms with Crippen LogP contribution in [0.2, 0.25) is 0 Å². The highest BCUT2D eigenvalue weighted by atomic mass is 16.5. The summed E-state index contributed by atoms with van der Waals surface area (Å²) in [5.41, 5.74) is 0.895. The van der Waals surface area contributed by atoms with Crippen molar-refractivity contribution in [3.63, 3.8) is 0 Å². The van der Waals surface area contributed by atoms with E-state index >= 15 is 0 Å². The quantitative estimate of drug-likeness (QED) is 0.628. The first kappa shape index (κ1) is 13.5. The van der Waals surface area contributed by atoms with Gasteiger partial charge in [0.15, 0.2) is 6.10 Å². The average molecular weight is 234 g/mol. The van der Waals surface area contributed by atoms with Gasteiger partial charge in [-0.3, -0.25) is 0 Å². The fourth-order valence-corrected chi connectivity index (χ4v) is 1.66. The van der Waals surface area contributed by atoms with E-state index in [-0.39, 0.29) is 12.5 Å². The summed E-state index contributed by atoms with van der Waals surface area (Å²) in [5.74, 6) is -0.945. The van der Waals surface area contributed by atoms with E-state index in [2.05, 4.69) is 0 Å². The maximum Gasteiger partial charge on any atom is 0.335 e. The van der Waals surface area contributed by atoms with Crippen LogP contribution in [-0.4, -0.2) is 23.8 Å². The summed E-state index contributed by atoms with van der Waals surface area (Å²) in [6.45, 7) is 3.85. The topological polar surface area (TPSA) is 46.5 Å². The van der Waals surface area contributed by atoms with Crippen LogP contribution in [0, 0.1) is 0 Å². The summed E-state index contributed by atoms with van der Waals surface area (Å²) in [7, 11) is 0. The van der Waals surface area contributed by atoms with Gasteiger partial charge in [0, 0.05) is 5.92 Å². The zero-order chi connectivity index (χ0) is 12.7. The average Bonchev–Trinajstić information content (AvgIpc) is 2.36. The lowest BCUT2D eigenvalue weighted by Gasteiger charge is -2.18. The fraction of sp³-hybridized carbons (Fsp3) is 0.357. The van der Waals surface area contributed by atoms with Crippen LogP contribution in [0.1, 0.15) is 25.3 Å². The molecule has 0 saturated carbocycles. The zero-order valence-electron chi connectivity index (χ0n) is 10.2. The van der Waals surface area contributed by atoms with Crippen LogP contribution in [0.4, 0.5) is 0 Å². The van der Waals surface area contributed by atoms with E-state index in [0.29, 0.717) is 0 Å². The Kier molecular flexibility index (Phi) is 5.43. The number of esters is 1. The van der Waals surface area contributed by atoms with Crippen molar-refractivity contribution in [2.75, 3.05) is 6.61 Å². The Balaban J connectivity index is 2.90. The molecular weight excluding hydrogens is 216 g/mol. The first-order valence-electron chi connectivity index (χ1n) is 5.73. The number of benzene rings is 1. The van der Waals surface area contributed by atoms with E-state index in [0.717, 1.165) is 5.56 Å². The SMILES string of the molecule is C/C=C/[C@@H](c1ccccc1)[C@@H](O)C(=O)OCC. The summed E-state index contributed by atoms with van der Waals surface area (Å²) in [5, 5.41) is 9.97. The summed E-state index contributed by atoms with van der Waals surface area (Å²) < 4.78 is 4.83. The number of rotatable bonds is 5. The fourth-order valence-electron chi connectivity index (χ4n) is 1.66. The highest BCUT2D eigenvalue weighted by molar-refractivity contribution is 5.76. The molecule has 17 heavy (non-hydrogen) atoms. The maximum absolute atomic E-state index is 11.5. The number of carbonyl (C=O) groups excluding carboxylic acids is 1. The Morgan fingerprint density at radius 1 is 1.41 bits per heavy atom. The van der Waals surface area contributed by atoms with Crippen molar-refractivity contribution < 1.29 is 14.6 Å². The minimum Gasteiger partial charge on any atom is -0.464 e. The lowest BCUT2D eigenvalue weighted by atomic mass is 9.93. The molecular formula is C14H18O3. The highest BCUT2D eigenvalue weighted by Crippen LogP contribution is 2.22. The van der Waals surface area contributed by atoms with Crippen molar-refractivity contribution in [3.05, 3.63) is 48.0 Å². The summed E-state index contributed by atoms with van der Waals surface area (Å²) in [6.07, 6.45) is 2.46. The molecule has 3 heteroatoms. The van der Waals surface area contributed by atoms with E-state index in [1.165, 1.54) is 0 Å². The number of aliphatic hydroxyl groups is 1. The van der Waals surface area contributed by atoms with Crippen molar-refractivity contribution >= 4 is 5.97 Å². The van der Waals surface area contributed by atoms with Gasteiger partial charge in [-0.1, -0.05) is 42.5 Å². The number of hydrogen-bond acceptors (Lipinski definition) is 3. The smallest absolute Gasteiger partial charge is 0.335 e. The molecule has 0 aliphatic carbocycles. The summed E-state index contributed by atoms with van der Waals surface area (Å²) >= 11 is 0. The number of ether oxygens (including phenoxy) is 1. The number of hydrogen-bond donors (Lipinski definition) is 1. The lowest BCUT2D eigenvalue weighted by Crippen LogP contribution is -2.29. The Labute approximate surface area is 102 Å². The maximum atomic E-state index is 11.5. The second-order valence-corrected chi connectivity index (χ2v) is 3.66. The first-order chi connectivity index (χ1) is 8.20. The van der Waals surface area contributed by atoms with Gasteiger partial charge in [0.1, 0.15) is 0 Å². The molecule has 0 fully saturated rings. The third-order valence-corrected chi connectivity index (χ3v) is 2.45. The van der Waals surface area contributed by atoms with Gasteiger partial charge in [0.25, 0.3) is 0 Å². The predicted molar refractivity (Wildman–Crippen MR) is 66.6 cm³/mol. The normalized spacial score (nSPS) is 14.5. The van der Waals surface area contributed by atoms with E-state index < -0.39 is 12.1 Å². The van der Waals surface area contributed by atoms with Gasteiger partial charge in [-0.15, -0.1) is 0 Å². The molecule has 0 spiro atoms. The molecule has 1 aromatic rings. The minimum absolute atomic E-state index is 0.271. The number of allylic oxidation sites excluding steroid dienone is 1. The van der Waals surface area contributed by atoms with E-state index in [4.69, 9.17) is 4.74 Å². The third kappa shape index (κ3) is 3.71. The zero-order valence-corrected chi connectivity index (χ0v) is 10.2. The summed E-state index contributed by atoms with van der Waals surface area (Å²) in [6, 6.07) is 9.42. The minimum atomic E-state index is -1.16. The van der Waals surface area contributed by atoms with E-state index in [1.807, 2.05) is 43.3 Å².